The third kappa shape index (κ3) is 6.25. The predicted molar refractivity (Wildman–Crippen MR) is 75.2 cm³/mol. The highest BCUT2D eigenvalue weighted by molar-refractivity contribution is 5.73. The van der Waals surface area contributed by atoms with Crippen molar-refractivity contribution in [3.8, 4) is 0 Å². The van der Waals surface area contributed by atoms with Gasteiger partial charge in [-0.1, -0.05) is 23.7 Å². The molecular formula is C14H18FN3O3. The second kappa shape index (κ2) is 8.94. The molecule has 0 bridgehead atoms. The van der Waals surface area contributed by atoms with Gasteiger partial charge in [0.1, 0.15) is 11.9 Å². The minimum atomic E-state index is -1.12. The molecule has 1 unspecified atom stereocenters. The number of unbranched alkanes of at least 4 members (excludes halogenated alkanes) is 1. The topological polar surface area (TPSA) is 95.3 Å². The van der Waals surface area contributed by atoms with Gasteiger partial charge in [0.15, 0.2) is 0 Å². The molecule has 114 valence electrons. The van der Waals surface area contributed by atoms with Gasteiger partial charge in [-0.25, -0.2) is 4.39 Å². The molecule has 7 heteroatoms. The van der Waals surface area contributed by atoms with Crippen LogP contribution >= 0.6 is 0 Å². The zero-order valence-electron chi connectivity index (χ0n) is 11.8. The highest BCUT2D eigenvalue weighted by atomic mass is 19.1. The van der Waals surface area contributed by atoms with Crippen LogP contribution in [0.5, 0.6) is 0 Å². The molecule has 1 N–H and O–H groups in total. The second-order valence-corrected chi connectivity index (χ2v) is 4.69. The lowest BCUT2D eigenvalue weighted by Gasteiger charge is -2.07. The summed E-state index contributed by atoms with van der Waals surface area (Å²) in [6, 6.07) is 3.79. The summed E-state index contributed by atoms with van der Waals surface area (Å²) in [6.07, 6.45) is 1.56. The Kier molecular flexibility index (Phi) is 7.21. The molecule has 0 saturated heterocycles. The van der Waals surface area contributed by atoms with Gasteiger partial charge in [0.05, 0.1) is 6.61 Å². The monoisotopic (exact) mass is 295 g/mol. The van der Waals surface area contributed by atoms with Crippen molar-refractivity contribution in [2.24, 2.45) is 5.11 Å². The van der Waals surface area contributed by atoms with Crippen LogP contribution in [0.4, 0.5) is 4.39 Å². The molecule has 0 aromatic heterocycles. The number of hydrogen-bond donors (Lipinski definition) is 1. The van der Waals surface area contributed by atoms with Gasteiger partial charge in [-0.3, -0.25) is 4.79 Å². The summed E-state index contributed by atoms with van der Waals surface area (Å²) >= 11 is 0. The van der Waals surface area contributed by atoms with Crippen LogP contribution in [0.1, 0.15) is 30.4 Å². The van der Waals surface area contributed by atoms with Crippen LogP contribution in [-0.4, -0.2) is 23.7 Å². The van der Waals surface area contributed by atoms with E-state index in [0.717, 1.165) is 5.56 Å². The molecule has 1 rings (SSSR count). The maximum atomic E-state index is 13.1. The second-order valence-electron chi connectivity index (χ2n) is 4.69. The first-order valence-electron chi connectivity index (χ1n) is 6.64. The van der Waals surface area contributed by atoms with Crippen molar-refractivity contribution >= 4 is 5.97 Å². The van der Waals surface area contributed by atoms with Crippen LogP contribution in [-0.2, 0) is 16.1 Å². The molecule has 0 heterocycles. The SMILES string of the molecule is Cc1cc(COCCCCC(N=[N+]=[N-])C(=O)O)ccc1F. The van der Waals surface area contributed by atoms with E-state index in [1.54, 1.807) is 19.1 Å². The fraction of sp³-hybridized carbons (Fsp3) is 0.500. The lowest BCUT2D eigenvalue weighted by atomic mass is 10.1. The summed E-state index contributed by atoms with van der Waals surface area (Å²) in [5.74, 6) is -1.35. The van der Waals surface area contributed by atoms with Crippen molar-refractivity contribution in [1.82, 2.24) is 0 Å². The first kappa shape index (κ1) is 16.9. The van der Waals surface area contributed by atoms with Crippen molar-refractivity contribution in [3.05, 3.63) is 45.6 Å². The number of carboxylic acid groups (broad SMARTS) is 1. The van der Waals surface area contributed by atoms with E-state index >= 15 is 0 Å². The third-order valence-corrected chi connectivity index (χ3v) is 2.98. The van der Waals surface area contributed by atoms with Crippen molar-refractivity contribution in [1.29, 1.82) is 0 Å². The number of carbonyl (C=O) groups is 1. The molecule has 0 amide bonds. The number of azide groups is 1. The van der Waals surface area contributed by atoms with Crippen LogP contribution in [0.15, 0.2) is 23.3 Å². The highest BCUT2D eigenvalue weighted by Crippen LogP contribution is 2.11. The van der Waals surface area contributed by atoms with E-state index in [1.807, 2.05) is 0 Å². The summed E-state index contributed by atoms with van der Waals surface area (Å²) < 4.78 is 18.5. The van der Waals surface area contributed by atoms with Crippen LogP contribution in [0.25, 0.3) is 10.4 Å². The number of nitrogens with zero attached hydrogens (tertiary/aromatic N) is 3. The summed E-state index contributed by atoms with van der Waals surface area (Å²) in [4.78, 5) is 13.2. The van der Waals surface area contributed by atoms with Crippen molar-refractivity contribution in [2.45, 2.75) is 38.8 Å². The van der Waals surface area contributed by atoms with E-state index in [4.69, 9.17) is 15.4 Å². The molecule has 6 nitrogen and oxygen atoms in total. The minimum Gasteiger partial charge on any atom is -0.481 e. The zero-order valence-corrected chi connectivity index (χ0v) is 11.8. The average Bonchev–Trinajstić information content (AvgIpc) is 2.44. The number of carboxylic acids is 1. The summed E-state index contributed by atoms with van der Waals surface area (Å²) in [7, 11) is 0. The average molecular weight is 295 g/mol. The van der Waals surface area contributed by atoms with E-state index in [9.17, 15) is 9.18 Å². The molecule has 21 heavy (non-hydrogen) atoms. The standard InChI is InChI=1S/C14H18FN3O3/c1-10-8-11(5-6-12(10)15)9-21-7-3-2-4-13(14(19)20)17-18-16/h5-6,8,13H,2-4,7,9H2,1H3,(H,19,20). The Morgan fingerprint density at radius 1 is 1.52 bits per heavy atom. The number of aryl methyl sites for hydroxylation is 1. The maximum Gasteiger partial charge on any atom is 0.312 e. The summed E-state index contributed by atoms with van der Waals surface area (Å²) in [6.45, 7) is 2.56. The molecular weight excluding hydrogens is 277 g/mol. The largest absolute Gasteiger partial charge is 0.481 e. The Bertz CT molecular complexity index is 528. The fourth-order valence-corrected chi connectivity index (χ4v) is 1.82. The third-order valence-electron chi connectivity index (χ3n) is 2.98. The number of benzene rings is 1. The van der Waals surface area contributed by atoms with Crippen molar-refractivity contribution < 1.29 is 19.0 Å². The lowest BCUT2D eigenvalue weighted by Crippen LogP contribution is -2.16. The van der Waals surface area contributed by atoms with Crippen molar-refractivity contribution in [2.75, 3.05) is 6.61 Å². The van der Waals surface area contributed by atoms with Crippen LogP contribution < -0.4 is 0 Å². The van der Waals surface area contributed by atoms with Gasteiger partial charge in [0.2, 0.25) is 0 Å². The van der Waals surface area contributed by atoms with Gasteiger partial charge >= 0.3 is 5.97 Å². The Hall–Kier alpha value is -2.11. The molecule has 0 spiro atoms. The lowest BCUT2D eigenvalue weighted by molar-refractivity contribution is -0.138. The Morgan fingerprint density at radius 2 is 2.29 bits per heavy atom. The Labute approximate surface area is 122 Å². The molecule has 1 aromatic carbocycles. The molecule has 0 aliphatic carbocycles. The Morgan fingerprint density at radius 3 is 2.90 bits per heavy atom. The zero-order chi connectivity index (χ0) is 15.7. The van der Waals surface area contributed by atoms with E-state index in [0.29, 0.717) is 38.0 Å². The molecule has 0 aliphatic rings. The fourth-order valence-electron chi connectivity index (χ4n) is 1.82. The molecule has 0 saturated carbocycles. The predicted octanol–water partition coefficient (Wildman–Crippen LogP) is 3.58. The number of halogens is 1. The minimum absolute atomic E-state index is 0.239. The van der Waals surface area contributed by atoms with Crippen molar-refractivity contribution in [3.63, 3.8) is 0 Å². The molecule has 1 aromatic rings. The number of ether oxygens (including phenoxy) is 1. The number of rotatable bonds is 9. The molecule has 0 fully saturated rings. The van der Waals surface area contributed by atoms with Gasteiger partial charge in [-0.05, 0) is 42.5 Å². The summed E-state index contributed by atoms with van der Waals surface area (Å²) in [5, 5.41) is 12.0. The van der Waals surface area contributed by atoms with E-state index in [2.05, 4.69) is 10.0 Å². The highest BCUT2D eigenvalue weighted by Gasteiger charge is 2.14. The molecule has 0 aliphatic heterocycles. The Balaban J connectivity index is 2.21. The molecule has 0 radical (unpaired) electrons. The van der Waals surface area contributed by atoms with Gasteiger partial charge in [-0.2, -0.15) is 0 Å². The van der Waals surface area contributed by atoms with Crippen LogP contribution in [0, 0.1) is 12.7 Å². The number of hydrogen-bond acceptors (Lipinski definition) is 3. The molecule has 1 atom stereocenters. The summed E-state index contributed by atoms with van der Waals surface area (Å²) in [5.41, 5.74) is 9.71. The van der Waals surface area contributed by atoms with Crippen LogP contribution in [0.2, 0.25) is 0 Å². The van der Waals surface area contributed by atoms with Gasteiger partial charge in [0.25, 0.3) is 0 Å². The van der Waals surface area contributed by atoms with Gasteiger partial charge < -0.3 is 9.84 Å². The first-order valence-corrected chi connectivity index (χ1v) is 6.64. The normalized spacial score (nSPS) is 11.7. The van der Waals surface area contributed by atoms with E-state index in [1.165, 1.54) is 6.07 Å². The van der Waals surface area contributed by atoms with Gasteiger partial charge in [0, 0.05) is 11.5 Å². The maximum absolute atomic E-state index is 13.1. The number of aliphatic carboxylic acids is 1. The quantitative estimate of drug-likeness (QED) is 0.326. The smallest absolute Gasteiger partial charge is 0.312 e. The van der Waals surface area contributed by atoms with E-state index in [-0.39, 0.29) is 5.82 Å². The van der Waals surface area contributed by atoms with Crippen LogP contribution in [0.3, 0.4) is 0 Å². The first-order chi connectivity index (χ1) is 10.0. The van der Waals surface area contributed by atoms with Gasteiger partial charge in [-0.15, -0.1) is 0 Å². The van der Waals surface area contributed by atoms with E-state index < -0.39 is 12.0 Å².